The lowest BCUT2D eigenvalue weighted by atomic mass is 9.91. The van der Waals surface area contributed by atoms with Crippen LogP contribution in [0.3, 0.4) is 0 Å². The molecule has 0 bridgehead atoms. The minimum atomic E-state index is -4.30. The van der Waals surface area contributed by atoms with Crippen LogP contribution in [0.25, 0.3) is 0 Å². The van der Waals surface area contributed by atoms with Gasteiger partial charge >= 0.3 is 6.18 Å². The number of carbonyl (C=O) groups is 1. The summed E-state index contributed by atoms with van der Waals surface area (Å²) >= 11 is 0. The molecule has 2 rings (SSSR count). The van der Waals surface area contributed by atoms with Gasteiger partial charge in [0, 0.05) is 6.54 Å². The number of carbonyl (C=O) groups excluding carboxylic acids is 1. The first-order valence-electron chi connectivity index (χ1n) is 7.86. The quantitative estimate of drug-likeness (QED) is 0.819. The Morgan fingerprint density at radius 3 is 2.20 bits per heavy atom. The smallest absolute Gasteiger partial charge is 0.368 e. The molecule has 1 atom stereocenters. The average Bonchev–Trinajstić information content (AvgIpc) is 2.53. The molecule has 1 heterocycles. The minimum Gasteiger partial charge on any atom is -0.368 e. The fraction of sp³-hybridized carbons (Fsp3) is 0.562. The van der Waals surface area contributed by atoms with Gasteiger partial charge in [0.25, 0.3) is 0 Å². The van der Waals surface area contributed by atoms with Gasteiger partial charge in [0.1, 0.15) is 9.84 Å². The van der Waals surface area contributed by atoms with Crippen molar-refractivity contribution >= 4 is 15.7 Å². The summed E-state index contributed by atoms with van der Waals surface area (Å²) in [5, 5.41) is 3.01. The molecule has 0 aliphatic carbocycles. The van der Waals surface area contributed by atoms with Gasteiger partial charge in [-0.3, -0.25) is 10.1 Å². The van der Waals surface area contributed by atoms with Crippen molar-refractivity contribution in [2.75, 3.05) is 11.5 Å². The number of nitrogens with two attached hydrogens (primary N) is 1. The molecule has 3 N–H and O–H groups in total. The Morgan fingerprint density at radius 2 is 1.76 bits per heavy atom. The summed E-state index contributed by atoms with van der Waals surface area (Å²) < 4.78 is 61.2. The Kier molecular flexibility index (Phi) is 5.48. The molecule has 140 valence electrons. The van der Waals surface area contributed by atoms with E-state index >= 15 is 0 Å². The Labute approximate surface area is 144 Å². The summed E-state index contributed by atoms with van der Waals surface area (Å²) in [6.07, 6.45) is -4.12. The Hall–Kier alpha value is -1.61. The number of amides is 1. The fourth-order valence-corrected chi connectivity index (χ4v) is 4.30. The van der Waals surface area contributed by atoms with E-state index in [0.29, 0.717) is 5.56 Å². The van der Waals surface area contributed by atoms with E-state index in [1.807, 2.05) is 0 Å². The van der Waals surface area contributed by atoms with Crippen LogP contribution in [0, 0.1) is 0 Å². The molecule has 1 aromatic carbocycles. The molecule has 0 aromatic heterocycles. The van der Waals surface area contributed by atoms with Gasteiger partial charge in [-0.15, -0.1) is 0 Å². The summed E-state index contributed by atoms with van der Waals surface area (Å²) in [7, 11) is -3.15. The van der Waals surface area contributed by atoms with Crippen LogP contribution in [0.4, 0.5) is 13.2 Å². The number of sulfone groups is 1. The van der Waals surface area contributed by atoms with Crippen LogP contribution in [0.2, 0.25) is 0 Å². The van der Waals surface area contributed by atoms with Crippen molar-refractivity contribution in [2.45, 2.75) is 43.9 Å². The van der Waals surface area contributed by atoms with Gasteiger partial charge in [-0.25, -0.2) is 8.42 Å². The van der Waals surface area contributed by atoms with Crippen LogP contribution >= 0.6 is 0 Å². The normalized spacial score (nSPS) is 20.8. The molecule has 1 fully saturated rings. The van der Waals surface area contributed by atoms with Crippen molar-refractivity contribution in [3.8, 4) is 0 Å². The van der Waals surface area contributed by atoms with Crippen molar-refractivity contribution < 1.29 is 26.4 Å². The van der Waals surface area contributed by atoms with Crippen LogP contribution in [-0.2, 0) is 21.2 Å². The summed E-state index contributed by atoms with van der Waals surface area (Å²) in [5.41, 5.74) is 5.18. The number of benzene rings is 1. The predicted molar refractivity (Wildman–Crippen MR) is 87.6 cm³/mol. The van der Waals surface area contributed by atoms with E-state index in [2.05, 4.69) is 5.32 Å². The minimum absolute atomic E-state index is 0.0911. The maximum Gasteiger partial charge on any atom is 0.395 e. The highest BCUT2D eigenvalue weighted by Gasteiger charge is 2.41. The summed E-state index contributed by atoms with van der Waals surface area (Å²) in [6, 6.07) is 5.91. The maximum absolute atomic E-state index is 12.7. The lowest BCUT2D eigenvalue weighted by molar-refractivity contribution is -0.146. The molecule has 25 heavy (non-hydrogen) atoms. The van der Waals surface area contributed by atoms with E-state index in [4.69, 9.17) is 5.73 Å². The average molecular weight is 378 g/mol. The van der Waals surface area contributed by atoms with E-state index < -0.39 is 33.4 Å². The van der Waals surface area contributed by atoms with E-state index in [1.54, 1.807) is 12.1 Å². The highest BCUT2D eigenvalue weighted by Crippen LogP contribution is 2.34. The van der Waals surface area contributed by atoms with Crippen LogP contribution in [-0.4, -0.2) is 37.5 Å². The standard InChI is InChI=1S/C16H21F3N2O3S/c1-11(16(17,18)19)13-4-2-12(3-5-13)10-21-15(14(20)22)6-8-25(23,24)9-7-15/h2-5,11,21H,6-10H2,1H3,(H2,20,22). The monoisotopic (exact) mass is 378 g/mol. The number of nitrogens with one attached hydrogen (secondary N) is 1. The van der Waals surface area contributed by atoms with E-state index in [1.165, 1.54) is 12.1 Å². The highest BCUT2D eigenvalue weighted by atomic mass is 32.2. The molecule has 1 aromatic rings. The van der Waals surface area contributed by atoms with Crippen molar-refractivity contribution in [1.29, 1.82) is 0 Å². The van der Waals surface area contributed by atoms with Crippen LogP contribution < -0.4 is 11.1 Å². The molecular weight excluding hydrogens is 357 g/mol. The van der Waals surface area contributed by atoms with Crippen molar-refractivity contribution in [1.82, 2.24) is 5.32 Å². The number of halogens is 3. The topological polar surface area (TPSA) is 89.3 Å². The first-order valence-corrected chi connectivity index (χ1v) is 9.68. The van der Waals surface area contributed by atoms with Gasteiger partial charge in [0.05, 0.1) is 23.0 Å². The third-order valence-electron chi connectivity index (χ3n) is 4.75. The third-order valence-corrected chi connectivity index (χ3v) is 6.41. The second-order valence-electron chi connectivity index (χ2n) is 6.46. The van der Waals surface area contributed by atoms with Gasteiger partial charge in [-0.1, -0.05) is 24.3 Å². The van der Waals surface area contributed by atoms with Gasteiger partial charge in [-0.2, -0.15) is 13.2 Å². The molecule has 9 heteroatoms. The zero-order chi connectivity index (χ0) is 18.9. The Balaban J connectivity index is 2.05. The number of alkyl halides is 3. The fourth-order valence-electron chi connectivity index (χ4n) is 2.78. The molecule has 5 nitrogen and oxygen atoms in total. The van der Waals surface area contributed by atoms with Crippen molar-refractivity contribution in [3.63, 3.8) is 0 Å². The number of hydrogen-bond donors (Lipinski definition) is 2. The first kappa shape index (κ1) is 19.7. The van der Waals surface area contributed by atoms with Gasteiger partial charge in [0.15, 0.2) is 0 Å². The third kappa shape index (κ3) is 4.72. The lowest BCUT2D eigenvalue weighted by Gasteiger charge is -2.35. The SMILES string of the molecule is CC(c1ccc(CNC2(C(N)=O)CCS(=O)(=O)CC2)cc1)C(F)(F)F. The lowest BCUT2D eigenvalue weighted by Crippen LogP contribution is -2.58. The molecule has 1 saturated heterocycles. The molecule has 0 radical (unpaired) electrons. The second kappa shape index (κ2) is 6.95. The van der Waals surface area contributed by atoms with Gasteiger partial charge in [-0.05, 0) is 30.9 Å². The number of primary amides is 1. The molecule has 1 aliphatic rings. The van der Waals surface area contributed by atoms with Gasteiger partial charge in [0.2, 0.25) is 5.91 Å². The maximum atomic E-state index is 12.7. The van der Waals surface area contributed by atoms with Crippen LogP contribution in [0.5, 0.6) is 0 Å². The Morgan fingerprint density at radius 1 is 1.24 bits per heavy atom. The zero-order valence-corrected chi connectivity index (χ0v) is 14.6. The summed E-state index contributed by atoms with van der Waals surface area (Å²) in [5.74, 6) is -2.42. The Bertz CT molecular complexity index is 716. The molecular formula is C16H21F3N2O3S. The van der Waals surface area contributed by atoms with E-state index in [-0.39, 0.29) is 36.5 Å². The van der Waals surface area contributed by atoms with E-state index in [9.17, 15) is 26.4 Å². The van der Waals surface area contributed by atoms with E-state index in [0.717, 1.165) is 6.92 Å². The number of hydrogen-bond acceptors (Lipinski definition) is 4. The summed E-state index contributed by atoms with van der Waals surface area (Å²) in [4.78, 5) is 11.8. The second-order valence-corrected chi connectivity index (χ2v) is 8.76. The summed E-state index contributed by atoms with van der Waals surface area (Å²) in [6.45, 7) is 1.31. The molecule has 1 aliphatic heterocycles. The highest BCUT2D eigenvalue weighted by molar-refractivity contribution is 7.91. The van der Waals surface area contributed by atoms with Crippen molar-refractivity contribution in [2.24, 2.45) is 5.73 Å². The largest absolute Gasteiger partial charge is 0.395 e. The van der Waals surface area contributed by atoms with Crippen molar-refractivity contribution in [3.05, 3.63) is 35.4 Å². The molecule has 1 amide bonds. The molecule has 0 spiro atoms. The predicted octanol–water partition coefficient (Wildman–Crippen LogP) is 1.87. The number of rotatable bonds is 5. The zero-order valence-electron chi connectivity index (χ0n) is 13.8. The van der Waals surface area contributed by atoms with Gasteiger partial charge < -0.3 is 5.73 Å². The molecule has 1 unspecified atom stereocenters. The first-order chi connectivity index (χ1) is 11.5. The van der Waals surface area contributed by atoms with Crippen LogP contribution in [0.1, 0.15) is 36.8 Å². The van der Waals surface area contributed by atoms with Crippen LogP contribution in [0.15, 0.2) is 24.3 Å². The molecule has 0 saturated carbocycles.